The lowest BCUT2D eigenvalue weighted by atomic mass is 10.2. The van der Waals surface area contributed by atoms with E-state index in [9.17, 15) is 4.79 Å². The predicted octanol–water partition coefficient (Wildman–Crippen LogP) is 3.18. The summed E-state index contributed by atoms with van der Waals surface area (Å²) >= 11 is 1.47. The molecule has 1 aromatic carbocycles. The third-order valence-electron chi connectivity index (χ3n) is 4.40. The number of aryl methyl sites for hydroxylation is 1. The fourth-order valence-corrected chi connectivity index (χ4v) is 3.40. The van der Waals surface area contributed by atoms with Crippen molar-refractivity contribution >= 4 is 22.4 Å². The second-order valence-corrected chi connectivity index (χ2v) is 7.85. The zero-order chi connectivity index (χ0) is 16.5. The Morgan fingerprint density at radius 3 is 3.08 bits per heavy atom. The molecular weight excluding hydrogens is 322 g/mol. The highest BCUT2D eigenvalue weighted by atomic mass is 32.1. The van der Waals surface area contributed by atoms with Crippen molar-refractivity contribution in [3.8, 4) is 5.75 Å². The molecule has 0 radical (unpaired) electrons. The summed E-state index contributed by atoms with van der Waals surface area (Å²) in [5, 5.41) is 3.45. The van der Waals surface area contributed by atoms with Crippen LogP contribution in [-0.4, -0.2) is 41.5 Å². The topological polar surface area (TPSA) is 54.2 Å². The minimum atomic E-state index is -0.156. The third-order valence-corrected chi connectivity index (χ3v) is 5.23. The Morgan fingerprint density at radius 2 is 2.33 bits per heavy atom. The number of aromatic nitrogens is 1. The van der Waals surface area contributed by atoms with Crippen molar-refractivity contribution in [1.29, 1.82) is 0 Å². The van der Waals surface area contributed by atoms with Gasteiger partial charge in [0.15, 0.2) is 5.13 Å². The van der Waals surface area contributed by atoms with Crippen molar-refractivity contribution in [2.45, 2.75) is 25.8 Å². The SMILES string of the molecule is Cc1cnc(NC(=O)c2cccc(OCC3CN3CC3CC3)c2)s1. The minimum Gasteiger partial charge on any atom is -0.492 e. The van der Waals surface area contributed by atoms with E-state index >= 15 is 0 Å². The van der Waals surface area contributed by atoms with Gasteiger partial charge >= 0.3 is 0 Å². The van der Waals surface area contributed by atoms with Gasteiger partial charge in [-0.1, -0.05) is 6.07 Å². The van der Waals surface area contributed by atoms with Crippen molar-refractivity contribution in [2.75, 3.05) is 25.0 Å². The Hall–Kier alpha value is -1.92. The van der Waals surface area contributed by atoms with Gasteiger partial charge in [-0.05, 0) is 43.9 Å². The number of carbonyl (C=O) groups is 1. The zero-order valence-corrected chi connectivity index (χ0v) is 14.5. The van der Waals surface area contributed by atoms with Crippen LogP contribution >= 0.6 is 11.3 Å². The first-order valence-electron chi connectivity index (χ1n) is 8.38. The summed E-state index contributed by atoms with van der Waals surface area (Å²) in [6.07, 6.45) is 4.53. The van der Waals surface area contributed by atoms with Gasteiger partial charge in [-0.15, -0.1) is 11.3 Å². The average molecular weight is 343 g/mol. The summed E-state index contributed by atoms with van der Waals surface area (Å²) in [6, 6.07) is 7.88. The minimum absolute atomic E-state index is 0.156. The van der Waals surface area contributed by atoms with E-state index in [4.69, 9.17) is 4.74 Å². The molecule has 0 bridgehead atoms. The molecule has 24 heavy (non-hydrogen) atoms. The molecule has 2 aliphatic rings. The first kappa shape index (κ1) is 15.6. The van der Waals surface area contributed by atoms with E-state index in [0.29, 0.717) is 23.3 Å². The molecule has 1 saturated heterocycles. The van der Waals surface area contributed by atoms with Crippen molar-refractivity contribution in [1.82, 2.24) is 9.88 Å². The van der Waals surface area contributed by atoms with Crippen LogP contribution < -0.4 is 10.1 Å². The summed E-state index contributed by atoms with van der Waals surface area (Å²) in [5.74, 6) is 1.52. The van der Waals surface area contributed by atoms with Crippen molar-refractivity contribution in [3.05, 3.63) is 40.9 Å². The maximum atomic E-state index is 12.3. The molecule has 6 heteroatoms. The number of anilines is 1. The number of hydrogen-bond donors (Lipinski definition) is 1. The number of benzene rings is 1. The molecule has 2 aromatic rings. The first-order valence-corrected chi connectivity index (χ1v) is 9.20. The maximum Gasteiger partial charge on any atom is 0.257 e. The van der Waals surface area contributed by atoms with Gasteiger partial charge < -0.3 is 4.74 Å². The van der Waals surface area contributed by atoms with E-state index in [1.165, 1.54) is 30.7 Å². The van der Waals surface area contributed by atoms with Crippen LogP contribution in [0.4, 0.5) is 5.13 Å². The van der Waals surface area contributed by atoms with E-state index in [1.54, 1.807) is 18.3 Å². The summed E-state index contributed by atoms with van der Waals surface area (Å²) in [5.41, 5.74) is 0.589. The number of ether oxygens (including phenoxy) is 1. The van der Waals surface area contributed by atoms with Gasteiger partial charge in [-0.25, -0.2) is 4.98 Å². The average Bonchev–Trinajstić information content (AvgIpc) is 3.49. The van der Waals surface area contributed by atoms with Gasteiger partial charge in [0.2, 0.25) is 0 Å². The van der Waals surface area contributed by atoms with Crippen LogP contribution in [0.15, 0.2) is 30.5 Å². The highest BCUT2D eigenvalue weighted by Gasteiger charge is 2.38. The van der Waals surface area contributed by atoms with E-state index in [2.05, 4.69) is 15.2 Å². The van der Waals surface area contributed by atoms with Gasteiger partial charge in [-0.2, -0.15) is 0 Å². The summed E-state index contributed by atoms with van der Waals surface area (Å²) in [6.45, 7) is 5.03. The molecule has 1 aromatic heterocycles. The highest BCUT2D eigenvalue weighted by Crippen LogP contribution is 2.33. The van der Waals surface area contributed by atoms with Gasteiger partial charge in [0.1, 0.15) is 12.4 Å². The molecule has 2 heterocycles. The normalized spacial score (nSPS) is 22.2. The lowest BCUT2D eigenvalue weighted by Gasteiger charge is -2.08. The largest absolute Gasteiger partial charge is 0.492 e. The van der Waals surface area contributed by atoms with Crippen LogP contribution in [0.3, 0.4) is 0 Å². The number of carbonyl (C=O) groups excluding carboxylic acids is 1. The summed E-state index contributed by atoms with van der Waals surface area (Å²) < 4.78 is 5.87. The molecular formula is C18H21N3O2S. The number of amides is 1. The lowest BCUT2D eigenvalue weighted by Crippen LogP contribution is -2.14. The molecule has 2 fully saturated rings. The third kappa shape index (κ3) is 3.94. The summed E-state index contributed by atoms with van der Waals surface area (Å²) in [7, 11) is 0. The van der Waals surface area contributed by atoms with Gasteiger partial charge in [0, 0.05) is 29.7 Å². The first-order chi connectivity index (χ1) is 11.7. The molecule has 1 aliphatic carbocycles. The zero-order valence-electron chi connectivity index (χ0n) is 13.7. The molecule has 5 nitrogen and oxygen atoms in total. The molecule has 126 valence electrons. The monoisotopic (exact) mass is 343 g/mol. The van der Waals surface area contributed by atoms with Crippen LogP contribution in [0.1, 0.15) is 28.1 Å². The molecule has 1 N–H and O–H groups in total. The Kier molecular flexibility index (Phi) is 4.24. The number of nitrogens with one attached hydrogen (secondary N) is 1. The number of hydrogen-bond acceptors (Lipinski definition) is 5. The Morgan fingerprint density at radius 1 is 1.46 bits per heavy atom. The highest BCUT2D eigenvalue weighted by molar-refractivity contribution is 7.15. The fraction of sp³-hybridized carbons (Fsp3) is 0.444. The fourth-order valence-electron chi connectivity index (χ4n) is 2.74. The molecule has 1 amide bonds. The Balaban J connectivity index is 1.30. The Labute approximate surface area is 145 Å². The van der Waals surface area contributed by atoms with Crippen LogP contribution in [0.25, 0.3) is 0 Å². The number of rotatable bonds is 7. The smallest absolute Gasteiger partial charge is 0.257 e. The van der Waals surface area contributed by atoms with Crippen molar-refractivity contribution in [3.63, 3.8) is 0 Å². The van der Waals surface area contributed by atoms with E-state index in [0.717, 1.165) is 23.1 Å². The standard InChI is InChI=1S/C18H21N3O2S/c1-12-8-19-18(24-12)20-17(22)14-3-2-4-16(7-14)23-11-15-10-21(15)9-13-5-6-13/h2-4,7-8,13,15H,5-6,9-11H2,1H3,(H,19,20,22). The molecule has 0 spiro atoms. The lowest BCUT2D eigenvalue weighted by molar-refractivity contribution is 0.102. The molecule has 2 unspecified atom stereocenters. The molecule has 4 rings (SSSR count). The quantitative estimate of drug-likeness (QED) is 0.785. The van der Waals surface area contributed by atoms with Crippen LogP contribution in [0.5, 0.6) is 5.75 Å². The summed E-state index contributed by atoms with van der Waals surface area (Å²) in [4.78, 5) is 20.0. The van der Waals surface area contributed by atoms with Crippen LogP contribution in [0, 0.1) is 12.8 Å². The molecule has 1 saturated carbocycles. The van der Waals surface area contributed by atoms with Crippen molar-refractivity contribution < 1.29 is 9.53 Å². The number of nitrogens with zero attached hydrogens (tertiary/aromatic N) is 2. The molecule has 2 atom stereocenters. The van der Waals surface area contributed by atoms with Gasteiger partial charge in [-0.3, -0.25) is 15.0 Å². The maximum absolute atomic E-state index is 12.3. The van der Waals surface area contributed by atoms with Crippen molar-refractivity contribution in [2.24, 2.45) is 5.92 Å². The second kappa shape index (κ2) is 6.53. The van der Waals surface area contributed by atoms with Crippen LogP contribution in [0.2, 0.25) is 0 Å². The van der Waals surface area contributed by atoms with Gasteiger partial charge in [0.25, 0.3) is 5.91 Å². The Bertz CT molecular complexity index is 741. The van der Waals surface area contributed by atoms with Gasteiger partial charge in [0.05, 0.1) is 6.04 Å². The molecule has 1 aliphatic heterocycles. The van der Waals surface area contributed by atoms with Crippen LogP contribution in [-0.2, 0) is 0 Å². The van der Waals surface area contributed by atoms with E-state index in [1.807, 2.05) is 19.1 Å². The van der Waals surface area contributed by atoms with E-state index in [-0.39, 0.29) is 5.91 Å². The predicted molar refractivity (Wildman–Crippen MR) is 94.8 cm³/mol. The van der Waals surface area contributed by atoms with E-state index < -0.39 is 0 Å². The second-order valence-electron chi connectivity index (χ2n) is 6.62. The number of thiazole rings is 1.